The average Bonchev–Trinajstić information content (AvgIpc) is 2.88. The Bertz CT molecular complexity index is 825. The Morgan fingerprint density at radius 2 is 2.00 bits per heavy atom. The summed E-state index contributed by atoms with van der Waals surface area (Å²) in [6, 6.07) is 1.57. The van der Waals surface area contributed by atoms with E-state index in [1.54, 1.807) is 11.2 Å². The number of hydrazone groups is 1. The highest BCUT2D eigenvalue weighted by Crippen LogP contribution is 2.30. The van der Waals surface area contributed by atoms with Crippen molar-refractivity contribution in [2.75, 3.05) is 11.6 Å². The number of nitriles is 1. The second kappa shape index (κ2) is 6.95. The fraction of sp³-hybridized carbons (Fsp3) is 0.556. The van der Waals surface area contributed by atoms with Crippen molar-refractivity contribution in [3.63, 3.8) is 0 Å². The average molecular weight is 369 g/mol. The van der Waals surface area contributed by atoms with Gasteiger partial charge in [-0.05, 0) is 31.1 Å². The second-order valence-electron chi connectivity index (χ2n) is 8.15. The number of hydrogen-bond acceptors (Lipinski definition) is 7. The molecule has 0 atom stereocenters. The highest BCUT2D eigenvalue weighted by Gasteiger charge is 2.47. The number of nitrogens with one attached hydrogen (secondary N) is 2. The summed E-state index contributed by atoms with van der Waals surface area (Å²) in [5, 5.41) is 20.7. The SMILES string of the molecule is CC(C)(C)CN(N=C1CCC2(CC1)NC(=O)NC2=O)c1cncc(C#N)n1. The molecule has 2 N–H and O–H groups in total. The summed E-state index contributed by atoms with van der Waals surface area (Å²) in [6.07, 6.45) is 5.22. The molecule has 0 unspecified atom stereocenters. The molecule has 0 radical (unpaired) electrons. The van der Waals surface area contributed by atoms with Gasteiger partial charge in [0.15, 0.2) is 11.5 Å². The third-order valence-electron chi connectivity index (χ3n) is 4.58. The molecule has 142 valence electrons. The molecule has 1 aliphatic heterocycles. The van der Waals surface area contributed by atoms with E-state index in [1.165, 1.54) is 6.20 Å². The van der Waals surface area contributed by atoms with Crippen LogP contribution in [0.2, 0.25) is 0 Å². The fourth-order valence-electron chi connectivity index (χ4n) is 3.27. The van der Waals surface area contributed by atoms with Gasteiger partial charge < -0.3 is 5.32 Å². The van der Waals surface area contributed by atoms with Gasteiger partial charge in [0.1, 0.15) is 11.6 Å². The maximum Gasteiger partial charge on any atom is 0.322 e. The number of amides is 3. The van der Waals surface area contributed by atoms with E-state index >= 15 is 0 Å². The zero-order chi connectivity index (χ0) is 19.7. The van der Waals surface area contributed by atoms with Gasteiger partial charge in [-0.1, -0.05) is 20.8 Å². The minimum absolute atomic E-state index is 0.0520. The number of carbonyl (C=O) groups excluding carboxylic acids is 2. The van der Waals surface area contributed by atoms with Gasteiger partial charge in [-0.3, -0.25) is 15.1 Å². The first-order chi connectivity index (χ1) is 12.7. The molecule has 2 heterocycles. The third-order valence-corrected chi connectivity index (χ3v) is 4.58. The third kappa shape index (κ3) is 4.22. The Morgan fingerprint density at radius 1 is 1.30 bits per heavy atom. The lowest BCUT2D eigenvalue weighted by Crippen LogP contribution is -2.49. The van der Waals surface area contributed by atoms with Gasteiger partial charge in [-0.25, -0.2) is 14.8 Å². The van der Waals surface area contributed by atoms with Crippen LogP contribution in [0.4, 0.5) is 10.6 Å². The molecule has 2 fully saturated rings. The minimum atomic E-state index is -0.814. The zero-order valence-corrected chi connectivity index (χ0v) is 15.7. The highest BCUT2D eigenvalue weighted by atomic mass is 16.2. The molecular weight excluding hydrogens is 346 g/mol. The van der Waals surface area contributed by atoms with Crippen LogP contribution in [0.3, 0.4) is 0 Å². The Hall–Kier alpha value is -3.02. The van der Waals surface area contributed by atoms with Crippen LogP contribution < -0.4 is 15.6 Å². The summed E-state index contributed by atoms with van der Waals surface area (Å²) < 4.78 is 0. The number of rotatable bonds is 3. The molecule has 1 spiro atoms. The highest BCUT2D eigenvalue weighted by molar-refractivity contribution is 6.08. The number of urea groups is 1. The first-order valence-electron chi connectivity index (χ1n) is 8.90. The molecule has 27 heavy (non-hydrogen) atoms. The van der Waals surface area contributed by atoms with E-state index in [9.17, 15) is 9.59 Å². The number of aromatic nitrogens is 2. The zero-order valence-electron chi connectivity index (χ0n) is 15.7. The molecule has 1 saturated heterocycles. The lowest BCUT2D eigenvalue weighted by molar-refractivity contribution is -0.124. The first kappa shape index (κ1) is 18.8. The minimum Gasteiger partial charge on any atom is -0.323 e. The van der Waals surface area contributed by atoms with Gasteiger partial charge in [-0.15, -0.1) is 0 Å². The van der Waals surface area contributed by atoms with Crippen LogP contribution in [0.5, 0.6) is 0 Å². The van der Waals surface area contributed by atoms with Crippen LogP contribution >= 0.6 is 0 Å². The van der Waals surface area contributed by atoms with Crippen molar-refractivity contribution in [3.05, 3.63) is 18.1 Å². The Balaban J connectivity index is 1.81. The van der Waals surface area contributed by atoms with Gasteiger partial charge in [0.05, 0.1) is 12.4 Å². The van der Waals surface area contributed by atoms with Gasteiger partial charge in [0.25, 0.3) is 5.91 Å². The molecule has 9 nitrogen and oxygen atoms in total. The summed E-state index contributed by atoms with van der Waals surface area (Å²) in [4.78, 5) is 31.9. The molecule has 1 saturated carbocycles. The van der Waals surface area contributed by atoms with Crippen molar-refractivity contribution < 1.29 is 9.59 Å². The van der Waals surface area contributed by atoms with Crippen molar-refractivity contribution in [3.8, 4) is 6.07 Å². The van der Waals surface area contributed by atoms with Crippen molar-refractivity contribution in [2.45, 2.75) is 52.0 Å². The van der Waals surface area contributed by atoms with Crippen molar-refractivity contribution in [2.24, 2.45) is 10.5 Å². The quantitative estimate of drug-likeness (QED) is 0.617. The Labute approximate surface area is 157 Å². The van der Waals surface area contributed by atoms with Gasteiger partial charge in [-0.2, -0.15) is 10.4 Å². The van der Waals surface area contributed by atoms with Crippen LogP contribution in [0, 0.1) is 16.7 Å². The van der Waals surface area contributed by atoms with Crippen molar-refractivity contribution in [1.82, 2.24) is 20.6 Å². The molecule has 3 rings (SSSR count). The summed E-state index contributed by atoms with van der Waals surface area (Å²) in [5.41, 5.74) is 0.303. The molecule has 0 bridgehead atoms. The van der Waals surface area contributed by atoms with Gasteiger partial charge in [0.2, 0.25) is 0 Å². The smallest absolute Gasteiger partial charge is 0.322 e. The summed E-state index contributed by atoms with van der Waals surface area (Å²) in [7, 11) is 0. The van der Waals surface area contributed by atoms with E-state index in [0.29, 0.717) is 38.0 Å². The summed E-state index contributed by atoms with van der Waals surface area (Å²) >= 11 is 0. The molecule has 9 heteroatoms. The van der Waals surface area contributed by atoms with Gasteiger partial charge >= 0.3 is 6.03 Å². The first-order valence-corrected chi connectivity index (χ1v) is 8.90. The normalized spacial score (nSPS) is 22.2. The fourth-order valence-corrected chi connectivity index (χ4v) is 3.27. The predicted octanol–water partition coefficient (Wildman–Crippen LogP) is 1.71. The maximum absolute atomic E-state index is 12.1. The van der Waals surface area contributed by atoms with E-state index < -0.39 is 11.6 Å². The summed E-state index contributed by atoms with van der Waals surface area (Å²) in [6.45, 7) is 6.88. The van der Waals surface area contributed by atoms with Crippen LogP contribution in [0.15, 0.2) is 17.5 Å². The lowest BCUT2D eigenvalue weighted by Gasteiger charge is -2.32. The van der Waals surface area contributed by atoms with Crippen LogP contribution in [0.25, 0.3) is 0 Å². The molecule has 3 amide bonds. The monoisotopic (exact) mass is 369 g/mol. The van der Waals surface area contributed by atoms with E-state index in [-0.39, 0.29) is 17.0 Å². The van der Waals surface area contributed by atoms with Gasteiger partial charge in [0, 0.05) is 12.3 Å². The molecular formula is C18H23N7O2. The van der Waals surface area contributed by atoms with Crippen LogP contribution in [-0.4, -0.2) is 39.7 Å². The van der Waals surface area contributed by atoms with Crippen LogP contribution in [-0.2, 0) is 4.79 Å². The number of nitrogens with zero attached hydrogens (tertiary/aromatic N) is 5. The van der Waals surface area contributed by atoms with Crippen molar-refractivity contribution in [1.29, 1.82) is 5.26 Å². The second-order valence-corrected chi connectivity index (χ2v) is 8.15. The number of hydrogen-bond donors (Lipinski definition) is 2. The predicted molar refractivity (Wildman–Crippen MR) is 98.9 cm³/mol. The van der Waals surface area contributed by atoms with E-state index in [0.717, 1.165) is 5.71 Å². The summed E-state index contributed by atoms with van der Waals surface area (Å²) in [5.74, 6) is 0.259. The number of carbonyl (C=O) groups is 2. The maximum atomic E-state index is 12.1. The molecule has 1 aromatic rings. The van der Waals surface area contributed by atoms with Crippen molar-refractivity contribution >= 4 is 23.5 Å². The van der Waals surface area contributed by atoms with Crippen LogP contribution in [0.1, 0.15) is 52.1 Å². The Kier molecular flexibility index (Phi) is 4.83. The molecule has 1 aliphatic carbocycles. The molecule has 0 aromatic carbocycles. The molecule has 1 aromatic heterocycles. The number of anilines is 1. The van der Waals surface area contributed by atoms with E-state index in [1.807, 2.05) is 6.07 Å². The largest absolute Gasteiger partial charge is 0.323 e. The standard InChI is InChI=1S/C18H23N7O2/c1-17(2,3)11-25(14-10-20-9-13(8-19)21-14)24-12-4-6-18(7-5-12)15(26)22-16(27)23-18/h9-10H,4-7,11H2,1-3H3,(H2,22,23,26,27). The lowest BCUT2D eigenvalue weighted by atomic mass is 9.81. The molecule has 2 aliphatic rings. The Morgan fingerprint density at radius 3 is 2.56 bits per heavy atom. The van der Waals surface area contributed by atoms with E-state index in [2.05, 4.69) is 41.4 Å². The number of imide groups is 1. The topological polar surface area (TPSA) is 123 Å². The van der Waals surface area contributed by atoms with E-state index in [4.69, 9.17) is 10.4 Å².